The summed E-state index contributed by atoms with van der Waals surface area (Å²) in [6.07, 6.45) is 4.87. The highest BCUT2D eigenvalue weighted by molar-refractivity contribution is 5.79. The summed E-state index contributed by atoms with van der Waals surface area (Å²) >= 11 is 0. The lowest BCUT2D eigenvalue weighted by Crippen LogP contribution is -2.37. The van der Waals surface area contributed by atoms with Gasteiger partial charge in [-0.25, -0.2) is 0 Å². The van der Waals surface area contributed by atoms with E-state index in [0.717, 1.165) is 24.5 Å². The summed E-state index contributed by atoms with van der Waals surface area (Å²) in [5, 5.41) is 9.31. The molecular weight excluding hydrogens is 344 g/mol. The van der Waals surface area contributed by atoms with E-state index in [1.807, 2.05) is 25.1 Å². The molecule has 0 aliphatic carbocycles. The molecule has 1 amide bonds. The molecule has 27 heavy (non-hydrogen) atoms. The lowest BCUT2D eigenvalue weighted by atomic mass is 10.2. The van der Waals surface area contributed by atoms with Gasteiger partial charge in [0.05, 0.1) is 7.11 Å². The molecule has 7 nitrogen and oxygen atoms in total. The van der Waals surface area contributed by atoms with E-state index in [0.29, 0.717) is 24.6 Å². The number of hydrogen-bond donors (Lipinski definition) is 3. The lowest BCUT2D eigenvalue weighted by molar-refractivity contribution is -0.123. The van der Waals surface area contributed by atoms with Crippen LogP contribution < -0.4 is 25.4 Å². The van der Waals surface area contributed by atoms with Gasteiger partial charge in [0.2, 0.25) is 0 Å². The zero-order valence-corrected chi connectivity index (χ0v) is 17.1. The fourth-order valence-corrected chi connectivity index (χ4v) is 2.50. The van der Waals surface area contributed by atoms with Gasteiger partial charge in [0.25, 0.3) is 5.91 Å². The highest BCUT2D eigenvalue weighted by Crippen LogP contribution is 2.28. The number of nitrogens with zero attached hydrogens (tertiary/aromatic N) is 1. The number of carbonyl (C=O) groups excluding carboxylic acids is 1. The zero-order valence-electron chi connectivity index (χ0n) is 17.1. The number of hydrogen-bond acceptors (Lipinski definition) is 4. The summed E-state index contributed by atoms with van der Waals surface area (Å²) in [6, 6.07) is 5.65. The van der Waals surface area contributed by atoms with Gasteiger partial charge in [-0.1, -0.05) is 32.3 Å². The van der Waals surface area contributed by atoms with Crippen LogP contribution in [0.4, 0.5) is 0 Å². The predicted molar refractivity (Wildman–Crippen MR) is 110 cm³/mol. The van der Waals surface area contributed by atoms with Crippen LogP contribution in [0.2, 0.25) is 0 Å². The molecule has 0 aliphatic rings. The molecule has 0 aromatic heterocycles. The number of likely N-dealkylation sites (N-methyl/N-ethyl adjacent to an activating group) is 1. The maximum absolute atomic E-state index is 11.5. The number of methoxy groups -OCH3 is 1. The summed E-state index contributed by atoms with van der Waals surface area (Å²) in [6.45, 7) is 6.15. The van der Waals surface area contributed by atoms with E-state index in [9.17, 15) is 4.79 Å². The first kappa shape index (κ1) is 22.6. The number of benzene rings is 1. The first-order valence-electron chi connectivity index (χ1n) is 9.65. The zero-order chi connectivity index (χ0) is 19.9. The lowest BCUT2D eigenvalue weighted by Gasteiger charge is -2.14. The normalized spacial score (nSPS) is 11.0. The van der Waals surface area contributed by atoms with Crippen molar-refractivity contribution in [2.75, 3.05) is 33.9 Å². The van der Waals surface area contributed by atoms with Gasteiger partial charge in [-0.3, -0.25) is 9.79 Å². The molecule has 1 aromatic rings. The van der Waals surface area contributed by atoms with E-state index in [1.54, 1.807) is 14.2 Å². The number of guanidine groups is 1. The standard InChI is InChI=1S/C20H34N4O3/c1-5-7-8-9-12-23-20(21-3)24-14-16-10-11-17(18(13-16)26-4)27-15-19(25)22-6-2/h10-11,13H,5-9,12,14-15H2,1-4H3,(H,22,25)(H2,21,23,24). The van der Waals surface area contributed by atoms with E-state index in [1.165, 1.54) is 19.3 Å². The Hall–Kier alpha value is -2.44. The molecule has 1 aromatic carbocycles. The van der Waals surface area contributed by atoms with Crippen molar-refractivity contribution in [1.29, 1.82) is 0 Å². The molecule has 0 spiro atoms. The first-order valence-corrected chi connectivity index (χ1v) is 9.65. The van der Waals surface area contributed by atoms with E-state index < -0.39 is 0 Å². The number of ether oxygens (including phenoxy) is 2. The molecule has 3 N–H and O–H groups in total. The Morgan fingerprint density at radius 2 is 1.89 bits per heavy atom. The molecule has 0 saturated heterocycles. The number of unbranched alkanes of at least 4 members (excludes halogenated alkanes) is 3. The van der Waals surface area contributed by atoms with Crippen molar-refractivity contribution >= 4 is 11.9 Å². The van der Waals surface area contributed by atoms with Crippen LogP contribution in [0.1, 0.15) is 45.1 Å². The predicted octanol–water partition coefficient (Wildman–Crippen LogP) is 2.46. The molecule has 0 heterocycles. The van der Waals surface area contributed by atoms with Crippen LogP contribution in [-0.2, 0) is 11.3 Å². The van der Waals surface area contributed by atoms with Crippen LogP contribution in [0.5, 0.6) is 11.5 Å². The largest absolute Gasteiger partial charge is 0.493 e. The molecule has 1 rings (SSSR count). The minimum absolute atomic E-state index is 0.0314. The van der Waals surface area contributed by atoms with Crippen molar-refractivity contribution in [3.05, 3.63) is 23.8 Å². The first-order chi connectivity index (χ1) is 13.1. The number of amides is 1. The minimum Gasteiger partial charge on any atom is -0.493 e. The Balaban J connectivity index is 2.51. The third kappa shape index (κ3) is 9.17. The molecule has 0 aliphatic heterocycles. The second-order valence-electron chi connectivity index (χ2n) is 6.14. The van der Waals surface area contributed by atoms with E-state index in [4.69, 9.17) is 9.47 Å². The number of nitrogens with one attached hydrogen (secondary N) is 3. The Morgan fingerprint density at radius 3 is 2.56 bits per heavy atom. The van der Waals surface area contributed by atoms with Crippen molar-refractivity contribution < 1.29 is 14.3 Å². The fourth-order valence-electron chi connectivity index (χ4n) is 2.50. The van der Waals surface area contributed by atoms with Crippen LogP contribution in [0.3, 0.4) is 0 Å². The van der Waals surface area contributed by atoms with Gasteiger partial charge < -0.3 is 25.4 Å². The molecular formula is C20H34N4O3. The summed E-state index contributed by atoms with van der Waals surface area (Å²) in [5.74, 6) is 1.77. The van der Waals surface area contributed by atoms with E-state index >= 15 is 0 Å². The monoisotopic (exact) mass is 378 g/mol. The third-order valence-corrected chi connectivity index (χ3v) is 3.97. The molecule has 0 fully saturated rings. The van der Waals surface area contributed by atoms with Crippen LogP contribution in [-0.4, -0.2) is 45.7 Å². The summed E-state index contributed by atoms with van der Waals surface area (Å²) in [5.41, 5.74) is 1.03. The van der Waals surface area contributed by atoms with Gasteiger partial charge in [0.15, 0.2) is 24.1 Å². The molecule has 7 heteroatoms. The van der Waals surface area contributed by atoms with Crippen molar-refractivity contribution in [1.82, 2.24) is 16.0 Å². The van der Waals surface area contributed by atoms with Crippen molar-refractivity contribution in [3.8, 4) is 11.5 Å². The van der Waals surface area contributed by atoms with Crippen LogP contribution in [0.25, 0.3) is 0 Å². The molecule has 0 atom stereocenters. The van der Waals surface area contributed by atoms with E-state index in [-0.39, 0.29) is 12.5 Å². The highest BCUT2D eigenvalue weighted by atomic mass is 16.5. The van der Waals surface area contributed by atoms with Gasteiger partial charge >= 0.3 is 0 Å². The second kappa shape index (κ2) is 13.7. The molecule has 0 saturated carbocycles. The Bertz CT molecular complexity index is 591. The topological polar surface area (TPSA) is 84.0 Å². The van der Waals surface area contributed by atoms with Gasteiger partial charge in [-0.05, 0) is 31.0 Å². The van der Waals surface area contributed by atoms with Crippen molar-refractivity contribution in [2.24, 2.45) is 4.99 Å². The average Bonchev–Trinajstić information content (AvgIpc) is 2.69. The molecule has 0 unspecified atom stereocenters. The molecule has 0 bridgehead atoms. The Morgan fingerprint density at radius 1 is 1.07 bits per heavy atom. The van der Waals surface area contributed by atoms with Gasteiger partial charge in [0, 0.05) is 26.7 Å². The average molecular weight is 379 g/mol. The van der Waals surface area contributed by atoms with Crippen molar-refractivity contribution in [3.63, 3.8) is 0 Å². The highest BCUT2D eigenvalue weighted by Gasteiger charge is 2.09. The van der Waals surface area contributed by atoms with Crippen molar-refractivity contribution in [2.45, 2.75) is 46.1 Å². The molecule has 0 radical (unpaired) electrons. The summed E-state index contributed by atoms with van der Waals surface area (Å²) < 4.78 is 10.9. The maximum atomic E-state index is 11.5. The van der Waals surface area contributed by atoms with Crippen LogP contribution in [0.15, 0.2) is 23.2 Å². The number of carbonyl (C=O) groups is 1. The van der Waals surface area contributed by atoms with Crippen LogP contribution in [0, 0.1) is 0 Å². The smallest absolute Gasteiger partial charge is 0.257 e. The van der Waals surface area contributed by atoms with E-state index in [2.05, 4.69) is 27.9 Å². The molecule has 152 valence electrons. The number of aliphatic imine (C=N–C) groups is 1. The quantitative estimate of drug-likeness (QED) is 0.296. The van der Waals surface area contributed by atoms with Gasteiger partial charge in [0.1, 0.15) is 0 Å². The maximum Gasteiger partial charge on any atom is 0.257 e. The third-order valence-electron chi connectivity index (χ3n) is 3.97. The van der Waals surface area contributed by atoms with Gasteiger partial charge in [-0.15, -0.1) is 0 Å². The Kier molecular flexibility index (Phi) is 11.5. The second-order valence-corrected chi connectivity index (χ2v) is 6.14. The van der Waals surface area contributed by atoms with Crippen LogP contribution >= 0.6 is 0 Å². The summed E-state index contributed by atoms with van der Waals surface area (Å²) in [7, 11) is 3.35. The number of rotatable bonds is 12. The Labute approximate surface area is 162 Å². The summed E-state index contributed by atoms with van der Waals surface area (Å²) in [4.78, 5) is 15.8. The fraction of sp³-hybridized carbons (Fsp3) is 0.600. The van der Waals surface area contributed by atoms with Gasteiger partial charge in [-0.2, -0.15) is 0 Å². The minimum atomic E-state index is -0.154. The SMILES string of the molecule is CCCCCCNC(=NC)NCc1ccc(OCC(=O)NCC)c(OC)c1.